The van der Waals surface area contributed by atoms with Crippen LogP contribution in [0.25, 0.3) is 0 Å². The van der Waals surface area contributed by atoms with Crippen LogP contribution in [0.2, 0.25) is 0 Å². The third-order valence-corrected chi connectivity index (χ3v) is 1.34. The molecule has 0 aliphatic rings. The molecule has 0 aromatic heterocycles. The Morgan fingerprint density at radius 3 is 1.12 bits per heavy atom. The van der Waals surface area contributed by atoms with Gasteiger partial charge >= 0.3 is 0 Å². The van der Waals surface area contributed by atoms with Gasteiger partial charge in [0.1, 0.15) is 0 Å². The van der Waals surface area contributed by atoms with E-state index >= 15 is 0 Å². The second kappa shape index (κ2) is 7.67. The maximum absolute atomic E-state index is 2.38. The monoisotopic (exact) mass is 149 g/mol. The molecule has 0 aromatic carbocycles. The van der Waals surface area contributed by atoms with E-state index < -0.39 is 0 Å². The van der Waals surface area contributed by atoms with Crippen molar-refractivity contribution in [1.82, 2.24) is 4.90 Å². The fraction of sp³-hybridized carbons (Fsp3) is 1.00. The summed E-state index contributed by atoms with van der Waals surface area (Å²) in [6, 6.07) is 0. The molecule has 0 aliphatic heterocycles. The molecule has 0 aromatic rings. The number of rotatable bonds is 3. The Labute approximate surface area is 67.3 Å². The second-order valence-electron chi connectivity index (χ2n) is 1.62. The van der Waals surface area contributed by atoms with Gasteiger partial charge in [0.05, 0.1) is 0 Å². The second-order valence-corrected chi connectivity index (χ2v) is 1.62. The van der Waals surface area contributed by atoms with E-state index in [0.717, 1.165) is 0 Å². The largest absolute Gasteiger partial charge is 0.304 e. The summed E-state index contributed by atoms with van der Waals surface area (Å²) >= 11 is 0. The summed E-state index contributed by atoms with van der Waals surface area (Å²) in [7, 11) is 0. The predicted octanol–water partition coefficient (Wildman–Crippen LogP) is 1.35. The van der Waals surface area contributed by atoms with Crippen molar-refractivity contribution in [3.63, 3.8) is 0 Å². The molecule has 8 heavy (non-hydrogen) atoms. The van der Waals surface area contributed by atoms with Crippen LogP contribution in [0.15, 0.2) is 0 Å². The van der Waals surface area contributed by atoms with Crippen molar-refractivity contribution in [1.29, 1.82) is 0 Å². The van der Waals surface area contributed by atoms with E-state index in [1.54, 1.807) is 0 Å². The van der Waals surface area contributed by atoms with Gasteiger partial charge in [-0.3, -0.25) is 0 Å². The first-order valence-electron chi connectivity index (χ1n) is 3.07. The minimum Gasteiger partial charge on any atom is -0.304 e. The zero-order valence-corrected chi connectivity index (χ0v) is 7.63. The molecule has 0 unspecified atom stereocenters. The van der Waals surface area contributed by atoms with Crippen LogP contribution in [0.1, 0.15) is 20.8 Å². The zero-order chi connectivity index (χ0) is 5.70. The van der Waals surface area contributed by atoms with E-state index in [-0.39, 0.29) is 21.7 Å². The third kappa shape index (κ3) is 4.82. The van der Waals surface area contributed by atoms with Crippen molar-refractivity contribution >= 4 is 0 Å². The normalized spacial score (nSPS) is 9.00. The molecule has 0 bridgehead atoms. The van der Waals surface area contributed by atoms with Gasteiger partial charge in [-0.05, 0) is 19.6 Å². The quantitative estimate of drug-likeness (QED) is 0.547. The average Bonchev–Trinajstić information content (AvgIpc) is 1.72. The van der Waals surface area contributed by atoms with Gasteiger partial charge in [0, 0.05) is 21.7 Å². The van der Waals surface area contributed by atoms with Gasteiger partial charge in [0.15, 0.2) is 0 Å². The van der Waals surface area contributed by atoms with Crippen LogP contribution in [0.5, 0.6) is 0 Å². The van der Waals surface area contributed by atoms with E-state index in [0.29, 0.717) is 0 Å². The van der Waals surface area contributed by atoms with Crippen LogP contribution in [0, 0.1) is 0 Å². The van der Waals surface area contributed by atoms with E-state index in [1.165, 1.54) is 19.6 Å². The fourth-order valence-corrected chi connectivity index (χ4v) is 0.671. The molecule has 0 radical (unpaired) electrons. The standard InChI is InChI=1S/C6H15N.Ti/c1-4-7(5-2)6-3;/h4-6H2,1-3H3;. The first-order chi connectivity index (χ1) is 3.35. The Morgan fingerprint density at radius 2 is 1.12 bits per heavy atom. The minimum atomic E-state index is 0. The van der Waals surface area contributed by atoms with Crippen molar-refractivity contribution in [3.05, 3.63) is 0 Å². The minimum absolute atomic E-state index is 0. The molecule has 0 N–H and O–H groups in total. The molecule has 0 atom stereocenters. The van der Waals surface area contributed by atoms with E-state index in [1.807, 2.05) is 0 Å². The van der Waals surface area contributed by atoms with Gasteiger partial charge < -0.3 is 4.90 Å². The molecule has 0 amide bonds. The van der Waals surface area contributed by atoms with Gasteiger partial charge in [-0.1, -0.05) is 20.8 Å². The molecule has 0 aliphatic carbocycles. The van der Waals surface area contributed by atoms with Gasteiger partial charge in [-0.15, -0.1) is 0 Å². The van der Waals surface area contributed by atoms with Crippen LogP contribution < -0.4 is 0 Å². The predicted molar refractivity (Wildman–Crippen MR) is 33.5 cm³/mol. The Hall–Kier alpha value is 0.674. The Balaban J connectivity index is 0. The number of hydrogen-bond donors (Lipinski definition) is 0. The molecular weight excluding hydrogens is 134 g/mol. The topological polar surface area (TPSA) is 3.24 Å². The number of nitrogens with zero attached hydrogens (tertiary/aromatic N) is 1. The Kier molecular flexibility index (Phi) is 11.0. The molecule has 48 valence electrons. The smallest absolute Gasteiger partial charge is 0 e. The molecule has 0 heterocycles. The molecule has 0 fully saturated rings. The van der Waals surface area contributed by atoms with Crippen molar-refractivity contribution in [2.24, 2.45) is 0 Å². The van der Waals surface area contributed by atoms with Gasteiger partial charge in [-0.25, -0.2) is 0 Å². The Morgan fingerprint density at radius 1 is 0.875 bits per heavy atom. The van der Waals surface area contributed by atoms with E-state index in [4.69, 9.17) is 0 Å². The van der Waals surface area contributed by atoms with E-state index in [9.17, 15) is 0 Å². The first kappa shape index (κ1) is 11.5. The third-order valence-electron chi connectivity index (χ3n) is 1.34. The van der Waals surface area contributed by atoms with Crippen molar-refractivity contribution < 1.29 is 21.7 Å². The maximum atomic E-state index is 2.38. The van der Waals surface area contributed by atoms with Crippen molar-refractivity contribution in [3.8, 4) is 0 Å². The average molecular weight is 149 g/mol. The number of hydrogen-bond acceptors (Lipinski definition) is 1. The molecule has 2 heteroatoms. The van der Waals surface area contributed by atoms with Gasteiger partial charge in [0.25, 0.3) is 0 Å². The summed E-state index contributed by atoms with van der Waals surface area (Å²) in [4.78, 5) is 2.38. The molecule has 1 nitrogen and oxygen atoms in total. The van der Waals surface area contributed by atoms with Crippen LogP contribution >= 0.6 is 0 Å². The van der Waals surface area contributed by atoms with Crippen LogP contribution in [0.3, 0.4) is 0 Å². The summed E-state index contributed by atoms with van der Waals surface area (Å²) in [6.45, 7) is 10.1. The zero-order valence-electron chi connectivity index (χ0n) is 6.07. The molecule has 0 saturated heterocycles. The molecule has 0 spiro atoms. The van der Waals surface area contributed by atoms with Gasteiger partial charge in [-0.2, -0.15) is 0 Å². The molecule has 0 saturated carbocycles. The first-order valence-corrected chi connectivity index (χ1v) is 3.07. The van der Waals surface area contributed by atoms with Crippen molar-refractivity contribution in [2.45, 2.75) is 20.8 Å². The summed E-state index contributed by atoms with van der Waals surface area (Å²) in [5, 5.41) is 0. The molecule has 0 rings (SSSR count). The van der Waals surface area contributed by atoms with Crippen molar-refractivity contribution in [2.75, 3.05) is 19.6 Å². The molecular formula is C6H15NTi. The summed E-state index contributed by atoms with van der Waals surface area (Å²) in [5.41, 5.74) is 0. The van der Waals surface area contributed by atoms with Crippen LogP contribution in [0.4, 0.5) is 0 Å². The van der Waals surface area contributed by atoms with Crippen LogP contribution in [-0.4, -0.2) is 24.5 Å². The van der Waals surface area contributed by atoms with Gasteiger partial charge in [0.2, 0.25) is 0 Å². The SMILES string of the molecule is CCN(CC)CC.[Ti]. The van der Waals surface area contributed by atoms with E-state index in [2.05, 4.69) is 25.7 Å². The summed E-state index contributed by atoms with van der Waals surface area (Å²) in [5.74, 6) is 0. The summed E-state index contributed by atoms with van der Waals surface area (Å²) < 4.78 is 0. The fourth-order valence-electron chi connectivity index (χ4n) is 0.671. The van der Waals surface area contributed by atoms with Crippen LogP contribution in [-0.2, 0) is 21.7 Å². The maximum Gasteiger partial charge on any atom is 0 e. The summed E-state index contributed by atoms with van der Waals surface area (Å²) in [6.07, 6.45) is 0. The Bertz CT molecular complexity index is 30.0.